The summed E-state index contributed by atoms with van der Waals surface area (Å²) in [5.74, 6) is 1.30. The van der Waals surface area contributed by atoms with Crippen molar-refractivity contribution in [3.63, 3.8) is 0 Å². The number of fused-ring (bicyclic) bond motifs is 1. The Morgan fingerprint density at radius 3 is 2.61 bits per heavy atom. The first kappa shape index (κ1) is 20.1. The number of aromatic nitrogens is 3. The molecule has 0 N–H and O–H groups in total. The SMILES string of the molecule is CC(c1nc(-c2ccccc2)no1)N1CCN(Cc2c(Cl)ccc3cccnc23)CC1. The molecule has 158 valence electrons. The minimum absolute atomic E-state index is 0.0786. The molecule has 5 rings (SSSR count). The highest BCUT2D eigenvalue weighted by atomic mass is 35.5. The van der Waals surface area contributed by atoms with Gasteiger partial charge in [-0.1, -0.05) is 59.2 Å². The summed E-state index contributed by atoms with van der Waals surface area (Å²) < 4.78 is 5.58. The van der Waals surface area contributed by atoms with Gasteiger partial charge < -0.3 is 4.52 Å². The van der Waals surface area contributed by atoms with Crippen LogP contribution in [0.3, 0.4) is 0 Å². The largest absolute Gasteiger partial charge is 0.337 e. The Morgan fingerprint density at radius 1 is 1.00 bits per heavy atom. The van der Waals surface area contributed by atoms with Crippen LogP contribution in [0.25, 0.3) is 22.3 Å². The Morgan fingerprint density at radius 2 is 1.81 bits per heavy atom. The van der Waals surface area contributed by atoms with E-state index in [2.05, 4.69) is 37.9 Å². The maximum atomic E-state index is 6.53. The number of benzene rings is 2. The van der Waals surface area contributed by atoms with E-state index in [1.165, 1.54) is 0 Å². The standard InChI is InChI=1S/C24H24ClN5O/c1-17(24-27-23(28-31-24)19-6-3-2-4-7-19)30-14-12-29(13-15-30)16-20-21(25)10-9-18-8-5-11-26-22(18)20/h2-11,17H,12-16H2,1H3. The molecule has 1 atom stereocenters. The molecule has 6 nitrogen and oxygen atoms in total. The van der Waals surface area contributed by atoms with Crippen LogP contribution in [0.2, 0.25) is 5.02 Å². The van der Waals surface area contributed by atoms with Crippen molar-refractivity contribution in [2.45, 2.75) is 19.5 Å². The second-order valence-corrected chi connectivity index (χ2v) is 8.32. The Balaban J connectivity index is 1.24. The van der Waals surface area contributed by atoms with Crippen molar-refractivity contribution in [3.05, 3.63) is 77.3 Å². The van der Waals surface area contributed by atoms with Gasteiger partial charge in [0.1, 0.15) is 0 Å². The maximum Gasteiger partial charge on any atom is 0.244 e. The number of rotatable bonds is 5. The van der Waals surface area contributed by atoms with Crippen molar-refractivity contribution in [1.82, 2.24) is 24.9 Å². The fourth-order valence-corrected chi connectivity index (χ4v) is 4.34. The second-order valence-electron chi connectivity index (χ2n) is 7.91. The van der Waals surface area contributed by atoms with Gasteiger partial charge in [0.25, 0.3) is 0 Å². The molecule has 1 saturated heterocycles. The molecule has 31 heavy (non-hydrogen) atoms. The third-order valence-electron chi connectivity index (χ3n) is 5.99. The maximum absolute atomic E-state index is 6.53. The smallest absolute Gasteiger partial charge is 0.244 e. The minimum Gasteiger partial charge on any atom is -0.337 e. The number of hydrogen-bond donors (Lipinski definition) is 0. The normalized spacial score (nSPS) is 16.6. The Labute approximate surface area is 186 Å². The molecule has 3 heterocycles. The highest BCUT2D eigenvalue weighted by molar-refractivity contribution is 6.32. The van der Waals surface area contributed by atoms with Gasteiger partial charge in [-0.05, 0) is 19.1 Å². The average molecular weight is 434 g/mol. The quantitative estimate of drug-likeness (QED) is 0.450. The molecule has 2 aromatic heterocycles. The molecule has 0 spiro atoms. The van der Waals surface area contributed by atoms with Crippen molar-refractivity contribution in [2.75, 3.05) is 26.2 Å². The summed E-state index contributed by atoms with van der Waals surface area (Å²) in [6.45, 7) is 6.69. The summed E-state index contributed by atoms with van der Waals surface area (Å²) in [6, 6.07) is 18.0. The summed E-state index contributed by atoms with van der Waals surface area (Å²) in [7, 11) is 0. The number of piperazine rings is 1. The van der Waals surface area contributed by atoms with E-state index in [0.717, 1.165) is 59.8 Å². The molecule has 0 amide bonds. The van der Waals surface area contributed by atoms with Gasteiger partial charge in [0.05, 0.1) is 11.6 Å². The van der Waals surface area contributed by atoms with Crippen LogP contribution < -0.4 is 0 Å². The number of hydrogen-bond acceptors (Lipinski definition) is 6. The van der Waals surface area contributed by atoms with E-state index >= 15 is 0 Å². The number of pyridine rings is 1. The molecule has 1 fully saturated rings. The van der Waals surface area contributed by atoms with Gasteiger partial charge in [0, 0.05) is 60.5 Å². The molecule has 0 bridgehead atoms. The van der Waals surface area contributed by atoms with E-state index < -0.39 is 0 Å². The van der Waals surface area contributed by atoms with Gasteiger partial charge in [-0.3, -0.25) is 14.8 Å². The van der Waals surface area contributed by atoms with E-state index in [4.69, 9.17) is 16.1 Å². The molecule has 4 aromatic rings. The van der Waals surface area contributed by atoms with Crippen LogP contribution in [0.5, 0.6) is 0 Å². The third kappa shape index (κ3) is 4.19. The fourth-order valence-electron chi connectivity index (χ4n) is 4.13. The number of halogens is 1. The van der Waals surface area contributed by atoms with E-state index in [-0.39, 0.29) is 6.04 Å². The van der Waals surface area contributed by atoms with Crippen LogP contribution in [-0.4, -0.2) is 51.1 Å². The minimum atomic E-state index is 0.0786. The Hall–Kier alpha value is -2.80. The van der Waals surface area contributed by atoms with E-state index in [1.54, 1.807) is 0 Å². The zero-order valence-electron chi connectivity index (χ0n) is 17.4. The molecule has 2 aromatic carbocycles. The topological polar surface area (TPSA) is 58.3 Å². The predicted octanol–water partition coefficient (Wildman–Crippen LogP) is 4.82. The van der Waals surface area contributed by atoms with Crippen molar-refractivity contribution in [1.29, 1.82) is 0 Å². The van der Waals surface area contributed by atoms with Gasteiger partial charge in [-0.25, -0.2) is 0 Å². The van der Waals surface area contributed by atoms with Crippen molar-refractivity contribution >= 4 is 22.5 Å². The molecule has 7 heteroatoms. The summed E-state index contributed by atoms with van der Waals surface area (Å²) in [5.41, 5.74) is 3.06. The first-order valence-corrected chi connectivity index (χ1v) is 10.9. The summed E-state index contributed by atoms with van der Waals surface area (Å²) in [4.78, 5) is 14.0. The van der Waals surface area contributed by atoms with Gasteiger partial charge in [0.2, 0.25) is 11.7 Å². The van der Waals surface area contributed by atoms with Crippen molar-refractivity contribution < 1.29 is 4.52 Å². The zero-order valence-corrected chi connectivity index (χ0v) is 18.2. The molecule has 0 saturated carbocycles. The average Bonchev–Trinajstić information content (AvgIpc) is 3.32. The molecule has 1 aliphatic rings. The lowest BCUT2D eigenvalue weighted by Gasteiger charge is -2.37. The lowest BCUT2D eigenvalue weighted by Crippen LogP contribution is -2.46. The molecule has 0 aliphatic carbocycles. The Kier molecular flexibility index (Phi) is 5.68. The van der Waals surface area contributed by atoms with E-state index in [1.807, 2.05) is 54.7 Å². The van der Waals surface area contributed by atoms with Gasteiger partial charge in [-0.15, -0.1) is 0 Å². The number of nitrogens with zero attached hydrogens (tertiary/aromatic N) is 5. The van der Waals surface area contributed by atoms with Crippen LogP contribution in [0.4, 0.5) is 0 Å². The molecular formula is C24H24ClN5O. The first-order valence-electron chi connectivity index (χ1n) is 10.6. The van der Waals surface area contributed by atoms with Gasteiger partial charge in [-0.2, -0.15) is 4.98 Å². The van der Waals surface area contributed by atoms with Crippen LogP contribution in [-0.2, 0) is 6.54 Å². The van der Waals surface area contributed by atoms with Crippen LogP contribution in [0.1, 0.15) is 24.4 Å². The molecule has 1 aliphatic heterocycles. The third-order valence-corrected chi connectivity index (χ3v) is 6.34. The van der Waals surface area contributed by atoms with Crippen molar-refractivity contribution in [3.8, 4) is 11.4 Å². The molecular weight excluding hydrogens is 410 g/mol. The predicted molar refractivity (Wildman–Crippen MR) is 122 cm³/mol. The lowest BCUT2D eigenvalue weighted by atomic mass is 10.1. The van der Waals surface area contributed by atoms with Gasteiger partial charge >= 0.3 is 0 Å². The highest BCUT2D eigenvalue weighted by Crippen LogP contribution is 2.28. The monoisotopic (exact) mass is 433 g/mol. The van der Waals surface area contributed by atoms with E-state index in [9.17, 15) is 0 Å². The van der Waals surface area contributed by atoms with Crippen molar-refractivity contribution in [2.24, 2.45) is 0 Å². The van der Waals surface area contributed by atoms with Gasteiger partial charge in [0.15, 0.2) is 0 Å². The second kappa shape index (κ2) is 8.75. The first-order chi connectivity index (χ1) is 15.2. The fraction of sp³-hybridized carbons (Fsp3) is 0.292. The molecule has 1 unspecified atom stereocenters. The van der Waals surface area contributed by atoms with Crippen LogP contribution in [0, 0.1) is 0 Å². The lowest BCUT2D eigenvalue weighted by molar-refractivity contribution is 0.0847. The summed E-state index contributed by atoms with van der Waals surface area (Å²) >= 11 is 6.53. The van der Waals surface area contributed by atoms with Crippen LogP contribution in [0.15, 0.2) is 65.3 Å². The highest BCUT2D eigenvalue weighted by Gasteiger charge is 2.26. The summed E-state index contributed by atoms with van der Waals surface area (Å²) in [5, 5.41) is 6.07. The zero-order chi connectivity index (χ0) is 21.2. The van der Waals surface area contributed by atoms with Crippen LogP contribution >= 0.6 is 11.6 Å². The Bertz CT molecular complexity index is 1170. The summed E-state index contributed by atoms with van der Waals surface area (Å²) in [6.07, 6.45) is 1.83. The molecule has 0 radical (unpaired) electrons. The van der Waals surface area contributed by atoms with E-state index in [0.29, 0.717) is 11.7 Å².